The number of furan rings is 1. The first kappa shape index (κ1) is 13.6. The molecule has 6 heteroatoms. The fourth-order valence-electron chi connectivity index (χ4n) is 1.08. The van der Waals surface area contributed by atoms with Crippen molar-refractivity contribution in [3.8, 4) is 0 Å². The third-order valence-corrected chi connectivity index (χ3v) is 4.09. The second-order valence-corrected chi connectivity index (χ2v) is 6.98. The molecule has 0 aromatic carbocycles. The Morgan fingerprint density at radius 1 is 1.44 bits per heavy atom. The lowest BCUT2D eigenvalue weighted by Gasteiger charge is -2.02. The van der Waals surface area contributed by atoms with Crippen LogP contribution in [0.15, 0.2) is 22.8 Å². The highest BCUT2D eigenvalue weighted by molar-refractivity contribution is 8.00. The van der Waals surface area contributed by atoms with E-state index in [4.69, 9.17) is 4.42 Å². The van der Waals surface area contributed by atoms with Crippen molar-refractivity contribution in [1.29, 1.82) is 0 Å². The van der Waals surface area contributed by atoms with Gasteiger partial charge in [-0.1, -0.05) is 0 Å². The summed E-state index contributed by atoms with van der Waals surface area (Å²) in [5, 5.41) is 3.22. The average Bonchev–Trinajstić information content (AvgIpc) is 2.67. The Hall–Kier alpha value is -0.460. The van der Waals surface area contributed by atoms with E-state index in [9.17, 15) is 8.42 Å². The van der Waals surface area contributed by atoms with Gasteiger partial charge in [-0.2, -0.15) is 11.8 Å². The van der Waals surface area contributed by atoms with Crippen molar-refractivity contribution in [1.82, 2.24) is 5.32 Å². The zero-order valence-electron chi connectivity index (χ0n) is 9.31. The topological polar surface area (TPSA) is 59.3 Å². The molecule has 4 nitrogen and oxygen atoms in total. The number of nitrogens with one attached hydrogen (secondary N) is 1. The second kappa shape index (κ2) is 6.98. The molecule has 0 unspecified atom stereocenters. The van der Waals surface area contributed by atoms with Gasteiger partial charge in [0.1, 0.15) is 15.6 Å². The van der Waals surface area contributed by atoms with E-state index in [1.54, 1.807) is 18.0 Å². The summed E-state index contributed by atoms with van der Waals surface area (Å²) in [5.41, 5.74) is 0. The van der Waals surface area contributed by atoms with Gasteiger partial charge in [0.25, 0.3) is 0 Å². The minimum atomic E-state index is -2.81. The third-order valence-electron chi connectivity index (χ3n) is 1.90. The summed E-state index contributed by atoms with van der Waals surface area (Å²) in [5.74, 6) is 2.76. The van der Waals surface area contributed by atoms with E-state index < -0.39 is 9.84 Å². The molecule has 1 N–H and O–H groups in total. The van der Waals surface area contributed by atoms with Crippen LogP contribution in [-0.2, 0) is 16.4 Å². The normalized spacial score (nSPS) is 11.8. The molecule has 1 heterocycles. The minimum Gasteiger partial charge on any atom is -0.468 e. The van der Waals surface area contributed by atoms with Crippen molar-refractivity contribution in [3.05, 3.63) is 24.2 Å². The molecule has 0 aliphatic heterocycles. The van der Waals surface area contributed by atoms with Crippen LogP contribution in [0.4, 0.5) is 0 Å². The lowest BCUT2D eigenvalue weighted by atomic mass is 10.4. The molecule has 1 rings (SSSR count). The van der Waals surface area contributed by atoms with E-state index in [0.29, 0.717) is 5.75 Å². The van der Waals surface area contributed by atoms with Crippen LogP contribution in [0.2, 0.25) is 0 Å². The molecular weight excluding hydrogens is 246 g/mol. The van der Waals surface area contributed by atoms with Gasteiger partial charge in [0.15, 0.2) is 0 Å². The van der Waals surface area contributed by atoms with E-state index in [-0.39, 0.29) is 5.75 Å². The van der Waals surface area contributed by atoms with Gasteiger partial charge < -0.3 is 9.73 Å². The largest absolute Gasteiger partial charge is 0.468 e. The first-order chi connectivity index (χ1) is 7.58. The zero-order valence-corrected chi connectivity index (χ0v) is 10.9. The number of rotatable bonds is 8. The highest BCUT2D eigenvalue weighted by Crippen LogP contribution is 2.01. The quantitative estimate of drug-likeness (QED) is 0.713. The average molecular weight is 263 g/mol. The molecule has 0 spiro atoms. The molecule has 0 saturated heterocycles. The van der Waals surface area contributed by atoms with E-state index in [1.807, 2.05) is 12.1 Å². The standard InChI is InChI=1S/C10H17NO3S2/c1-16(12,13)8-7-15-6-4-11-9-10-3-2-5-14-10/h2-3,5,11H,4,6-9H2,1H3. The van der Waals surface area contributed by atoms with E-state index in [1.165, 1.54) is 6.26 Å². The van der Waals surface area contributed by atoms with Gasteiger partial charge in [-0.25, -0.2) is 8.42 Å². The summed E-state index contributed by atoms with van der Waals surface area (Å²) in [6.07, 6.45) is 2.92. The molecule has 16 heavy (non-hydrogen) atoms. The number of thioether (sulfide) groups is 1. The van der Waals surface area contributed by atoms with Crippen LogP contribution >= 0.6 is 11.8 Å². The lowest BCUT2D eigenvalue weighted by Crippen LogP contribution is -2.16. The molecule has 0 aliphatic carbocycles. The Morgan fingerprint density at radius 3 is 2.88 bits per heavy atom. The maximum atomic E-state index is 10.8. The Kier molecular flexibility index (Phi) is 5.94. The third kappa shape index (κ3) is 6.92. The summed E-state index contributed by atoms with van der Waals surface area (Å²) in [4.78, 5) is 0. The monoisotopic (exact) mass is 263 g/mol. The molecule has 0 amide bonds. The molecule has 0 aliphatic rings. The van der Waals surface area contributed by atoms with Crippen molar-refractivity contribution in [2.75, 3.05) is 30.1 Å². The number of sulfone groups is 1. The van der Waals surface area contributed by atoms with Gasteiger partial charge in [0.2, 0.25) is 0 Å². The smallest absolute Gasteiger partial charge is 0.148 e. The van der Waals surface area contributed by atoms with Crippen LogP contribution in [0.5, 0.6) is 0 Å². The first-order valence-electron chi connectivity index (χ1n) is 5.06. The van der Waals surface area contributed by atoms with Gasteiger partial charge in [0, 0.05) is 24.3 Å². The Morgan fingerprint density at radius 2 is 2.25 bits per heavy atom. The van der Waals surface area contributed by atoms with Crippen molar-refractivity contribution < 1.29 is 12.8 Å². The fraction of sp³-hybridized carbons (Fsp3) is 0.600. The van der Waals surface area contributed by atoms with Crippen LogP contribution < -0.4 is 5.32 Å². The molecule has 92 valence electrons. The van der Waals surface area contributed by atoms with Crippen molar-refractivity contribution in [2.45, 2.75) is 6.54 Å². The van der Waals surface area contributed by atoms with Crippen LogP contribution in [-0.4, -0.2) is 38.5 Å². The Balaban J connectivity index is 1.93. The van der Waals surface area contributed by atoms with Crippen LogP contribution in [0.1, 0.15) is 5.76 Å². The molecular formula is C10H17NO3S2. The maximum Gasteiger partial charge on any atom is 0.148 e. The van der Waals surface area contributed by atoms with Crippen molar-refractivity contribution in [3.63, 3.8) is 0 Å². The molecule has 1 aromatic rings. The molecule has 0 atom stereocenters. The maximum absolute atomic E-state index is 10.8. The SMILES string of the molecule is CS(=O)(=O)CCSCCNCc1ccco1. The van der Waals surface area contributed by atoms with Crippen LogP contribution in [0.3, 0.4) is 0 Å². The van der Waals surface area contributed by atoms with Gasteiger partial charge in [-0.3, -0.25) is 0 Å². The molecule has 0 radical (unpaired) electrons. The highest BCUT2D eigenvalue weighted by atomic mass is 32.2. The molecule has 0 saturated carbocycles. The van der Waals surface area contributed by atoms with E-state index in [0.717, 1.165) is 24.6 Å². The fourth-order valence-corrected chi connectivity index (χ4v) is 3.26. The summed E-state index contributed by atoms with van der Waals surface area (Å²) in [6, 6.07) is 3.78. The minimum absolute atomic E-state index is 0.260. The van der Waals surface area contributed by atoms with E-state index in [2.05, 4.69) is 5.32 Å². The Bertz CT molecular complexity index is 373. The van der Waals surface area contributed by atoms with Gasteiger partial charge in [-0.15, -0.1) is 0 Å². The number of hydrogen-bond donors (Lipinski definition) is 1. The van der Waals surface area contributed by atoms with Crippen LogP contribution in [0, 0.1) is 0 Å². The van der Waals surface area contributed by atoms with E-state index >= 15 is 0 Å². The first-order valence-corrected chi connectivity index (χ1v) is 8.28. The molecule has 1 aromatic heterocycles. The predicted octanol–water partition coefficient (Wildman–Crippen LogP) is 1.15. The summed E-state index contributed by atoms with van der Waals surface area (Å²) in [7, 11) is -2.81. The summed E-state index contributed by atoms with van der Waals surface area (Å²) in [6.45, 7) is 1.58. The molecule has 0 bridgehead atoms. The molecule has 0 fully saturated rings. The Labute approximate surface area is 101 Å². The zero-order chi connectivity index (χ0) is 11.9. The van der Waals surface area contributed by atoms with Gasteiger partial charge in [0.05, 0.1) is 18.6 Å². The second-order valence-electron chi connectivity index (χ2n) is 3.50. The van der Waals surface area contributed by atoms with Crippen molar-refractivity contribution in [2.24, 2.45) is 0 Å². The van der Waals surface area contributed by atoms with Crippen molar-refractivity contribution >= 4 is 21.6 Å². The predicted molar refractivity (Wildman–Crippen MR) is 67.5 cm³/mol. The number of hydrogen-bond acceptors (Lipinski definition) is 5. The van der Waals surface area contributed by atoms with Crippen LogP contribution in [0.25, 0.3) is 0 Å². The van der Waals surface area contributed by atoms with Gasteiger partial charge >= 0.3 is 0 Å². The summed E-state index contributed by atoms with van der Waals surface area (Å²) >= 11 is 1.65. The highest BCUT2D eigenvalue weighted by Gasteiger charge is 2.01. The lowest BCUT2D eigenvalue weighted by molar-refractivity contribution is 0.488. The summed E-state index contributed by atoms with van der Waals surface area (Å²) < 4.78 is 26.8. The van der Waals surface area contributed by atoms with Gasteiger partial charge in [-0.05, 0) is 12.1 Å².